The molecule has 1 N–H and O–H groups in total. The molecule has 20 heavy (non-hydrogen) atoms. The number of pyridine rings is 1. The summed E-state index contributed by atoms with van der Waals surface area (Å²) >= 11 is 0. The normalized spacial score (nSPS) is 10.2. The third kappa shape index (κ3) is 3.41. The van der Waals surface area contributed by atoms with Crippen LogP contribution >= 0.6 is 0 Å². The van der Waals surface area contributed by atoms with Crippen molar-refractivity contribution in [3.63, 3.8) is 0 Å². The van der Waals surface area contributed by atoms with Crippen molar-refractivity contribution in [1.29, 1.82) is 0 Å². The van der Waals surface area contributed by atoms with Crippen LogP contribution in [0.2, 0.25) is 0 Å². The van der Waals surface area contributed by atoms with E-state index in [4.69, 9.17) is 0 Å². The van der Waals surface area contributed by atoms with Gasteiger partial charge in [-0.05, 0) is 17.7 Å². The second kappa shape index (κ2) is 5.96. The topological polar surface area (TPSA) is 88.1 Å². The molecular weight excluding hydrogens is 260 g/mol. The van der Waals surface area contributed by atoms with Crippen LogP contribution < -0.4 is 11.1 Å². The molecule has 7 heteroatoms. The highest BCUT2D eigenvalue weighted by Gasteiger charge is 2.11. The summed E-state index contributed by atoms with van der Waals surface area (Å²) in [4.78, 5) is 40.0. The summed E-state index contributed by atoms with van der Waals surface area (Å²) in [7, 11) is 1.63. The Morgan fingerprint density at radius 3 is 2.65 bits per heavy atom. The molecule has 0 radical (unpaired) electrons. The van der Waals surface area contributed by atoms with Gasteiger partial charge in [-0.1, -0.05) is 0 Å². The van der Waals surface area contributed by atoms with Crippen LogP contribution in [0.1, 0.15) is 5.56 Å². The molecule has 0 aromatic carbocycles. The van der Waals surface area contributed by atoms with Crippen molar-refractivity contribution in [1.82, 2.24) is 19.7 Å². The summed E-state index contributed by atoms with van der Waals surface area (Å²) in [6.07, 6.45) is 3.29. The maximum absolute atomic E-state index is 12.0. The van der Waals surface area contributed by atoms with Gasteiger partial charge in [-0.3, -0.25) is 24.5 Å². The monoisotopic (exact) mass is 274 g/mol. The molecule has 1 amide bonds. The molecule has 7 nitrogen and oxygen atoms in total. The first-order valence-corrected chi connectivity index (χ1v) is 5.99. The Morgan fingerprint density at radius 2 is 1.95 bits per heavy atom. The number of nitrogens with one attached hydrogen (secondary N) is 1. The molecule has 0 fully saturated rings. The molecule has 104 valence electrons. The zero-order valence-corrected chi connectivity index (χ0v) is 10.9. The summed E-state index contributed by atoms with van der Waals surface area (Å²) < 4.78 is 0.994. The second-order valence-corrected chi connectivity index (χ2v) is 4.34. The van der Waals surface area contributed by atoms with Gasteiger partial charge in [0, 0.05) is 38.1 Å². The Morgan fingerprint density at radius 1 is 1.25 bits per heavy atom. The fraction of sp³-hybridized carbons (Fsp3) is 0.231. The van der Waals surface area contributed by atoms with E-state index < -0.39 is 11.1 Å². The van der Waals surface area contributed by atoms with Crippen molar-refractivity contribution >= 4 is 5.91 Å². The molecule has 2 aromatic heterocycles. The molecule has 0 aliphatic carbocycles. The number of H-pyrrole nitrogens is 1. The number of carbonyl (C=O) groups is 1. The van der Waals surface area contributed by atoms with Crippen molar-refractivity contribution in [2.24, 2.45) is 0 Å². The first-order valence-electron chi connectivity index (χ1n) is 5.99. The number of rotatable bonds is 4. The number of likely N-dealkylation sites (N-methyl/N-ethyl adjacent to an activating group) is 1. The molecule has 0 unspecified atom stereocenters. The molecule has 0 aliphatic heterocycles. The average Bonchev–Trinajstić information content (AvgIpc) is 2.44. The van der Waals surface area contributed by atoms with Gasteiger partial charge in [0.2, 0.25) is 5.91 Å². The van der Waals surface area contributed by atoms with Crippen LogP contribution in [0.4, 0.5) is 0 Å². The summed E-state index contributed by atoms with van der Waals surface area (Å²) in [5.74, 6) is -0.272. The first-order chi connectivity index (χ1) is 9.56. The van der Waals surface area contributed by atoms with Crippen LogP contribution in [-0.4, -0.2) is 32.6 Å². The van der Waals surface area contributed by atoms with E-state index in [2.05, 4.69) is 10.1 Å². The Kier molecular flexibility index (Phi) is 4.09. The maximum Gasteiger partial charge on any atom is 0.265 e. The minimum Gasteiger partial charge on any atom is -0.340 e. The molecule has 0 saturated carbocycles. The zero-order valence-electron chi connectivity index (χ0n) is 10.9. The summed E-state index contributed by atoms with van der Waals surface area (Å²) in [6, 6.07) is 5.87. The number of aromatic nitrogens is 3. The van der Waals surface area contributed by atoms with Crippen molar-refractivity contribution in [3.8, 4) is 0 Å². The van der Waals surface area contributed by atoms with Crippen molar-refractivity contribution < 1.29 is 4.79 Å². The van der Waals surface area contributed by atoms with Crippen LogP contribution in [0.5, 0.6) is 0 Å². The Balaban J connectivity index is 2.06. The molecular formula is C13H14N4O3. The number of hydrogen-bond donors (Lipinski definition) is 1. The molecule has 2 heterocycles. The van der Waals surface area contributed by atoms with E-state index >= 15 is 0 Å². The van der Waals surface area contributed by atoms with E-state index in [1.165, 1.54) is 4.90 Å². The lowest BCUT2D eigenvalue weighted by Crippen LogP contribution is -2.36. The van der Waals surface area contributed by atoms with Gasteiger partial charge in [0.15, 0.2) is 0 Å². The summed E-state index contributed by atoms with van der Waals surface area (Å²) in [6.45, 7) is 0.212. The lowest BCUT2D eigenvalue weighted by Gasteiger charge is -2.17. The van der Waals surface area contributed by atoms with Crippen molar-refractivity contribution in [2.75, 3.05) is 7.05 Å². The Hall–Kier alpha value is -2.70. The summed E-state index contributed by atoms with van der Waals surface area (Å²) in [5.41, 5.74) is 0.0919. The number of amides is 1. The van der Waals surface area contributed by atoms with E-state index in [1.807, 2.05) is 0 Å². The van der Waals surface area contributed by atoms with Crippen LogP contribution in [0.25, 0.3) is 0 Å². The van der Waals surface area contributed by atoms with E-state index in [9.17, 15) is 14.4 Å². The number of hydrogen-bond acceptors (Lipinski definition) is 4. The van der Waals surface area contributed by atoms with Gasteiger partial charge in [-0.15, -0.1) is 0 Å². The smallest absolute Gasteiger partial charge is 0.265 e. The van der Waals surface area contributed by atoms with Crippen LogP contribution in [0.3, 0.4) is 0 Å². The number of nitrogens with zero attached hydrogens (tertiary/aromatic N) is 3. The summed E-state index contributed by atoms with van der Waals surface area (Å²) in [5, 5.41) is 2.32. The predicted octanol–water partition coefficient (Wildman–Crippen LogP) is -0.410. The third-order valence-corrected chi connectivity index (χ3v) is 2.78. The van der Waals surface area contributed by atoms with Gasteiger partial charge >= 0.3 is 0 Å². The highest BCUT2D eigenvalue weighted by atomic mass is 16.2. The quantitative estimate of drug-likeness (QED) is 0.821. The predicted molar refractivity (Wildman–Crippen MR) is 72.0 cm³/mol. The molecule has 2 rings (SSSR count). The van der Waals surface area contributed by atoms with Gasteiger partial charge in [0.1, 0.15) is 6.54 Å². The van der Waals surface area contributed by atoms with Gasteiger partial charge in [-0.2, -0.15) is 0 Å². The molecule has 0 saturated heterocycles. The second-order valence-electron chi connectivity index (χ2n) is 4.34. The molecule has 2 aromatic rings. The number of carbonyl (C=O) groups excluding carboxylic acids is 1. The van der Waals surface area contributed by atoms with Crippen molar-refractivity contribution in [2.45, 2.75) is 13.1 Å². The highest BCUT2D eigenvalue weighted by molar-refractivity contribution is 5.75. The lowest BCUT2D eigenvalue weighted by molar-refractivity contribution is -0.131. The molecule has 0 spiro atoms. The van der Waals surface area contributed by atoms with Gasteiger partial charge in [-0.25, -0.2) is 4.68 Å². The van der Waals surface area contributed by atoms with Crippen LogP contribution in [-0.2, 0) is 17.9 Å². The molecule has 0 bridgehead atoms. The minimum absolute atomic E-state index is 0.198. The largest absolute Gasteiger partial charge is 0.340 e. The number of aromatic amines is 1. The van der Waals surface area contributed by atoms with E-state index in [0.717, 1.165) is 22.4 Å². The van der Waals surface area contributed by atoms with E-state index in [-0.39, 0.29) is 12.5 Å². The fourth-order valence-corrected chi connectivity index (χ4v) is 1.69. The van der Waals surface area contributed by atoms with Gasteiger partial charge in [0.25, 0.3) is 11.1 Å². The average molecular weight is 274 g/mol. The SMILES string of the molecule is CN(Cc1ccncc1)C(=O)Cn1[nH]c(=O)ccc1=O. The van der Waals surface area contributed by atoms with Crippen LogP contribution in [0, 0.1) is 0 Å². The molecule has 0 aliphatic rings. The van der Waals surface area contributed by atoms with Gasteiger partial charge < -0.3 is 4.90 Å². The first kappa shape index (κ1) is 13.7. The standard InChI is InChI=1S/C13H14N4O3/c1-16(8-10-4-6-14-7-5-10)13(20)9-17-12(19)3-2-11(18)15-17/h2-7H,8-9H2,1H3,(H,15,18). The minimum atomic E-state index is -0.422. The zero-order chi connectivity index (χ0) is 14.5. The maximum atomic E-state index is 12.0. The Bertz CT molecular complexity index is 705. The fourth-order valence-electron chi connectivity index (χ4n) is 1.69. The lowest BCUT2D eigenvalue weighted by atomic mass is 10.2. The highest BCUT2D eigenvalue weighted by Crippen LogP contribution is 2.01. The molecule has 0 atom stereocenters. The van der Waals surface area contributed by atoms with Crippen LogP contribution in [0.15, 0.2) is 46.2 Å². The Labute approximate surface area is 114 Å². The van der Waals surface area contributed by atoms with Crippen molar-refractivity contribution in [3.05, 3.63) is 62.9 Å². The van der Waals surface area contributed by atoms with E-state index in [1.54, 1.807) is 31.6 Å². The van der Waals surface area contributed by atoms with E-state index in [0.29, 0.717) is 6.54 Å². The third-order valence-electron chi connectivity index (χ3n) is 2.78. The van der Waals surface area contributed by atoms with Gasteiger partial charge in [0.05, 0.1) is 0 Å².